The van der Waals surface area contributed by atoms with Crippen molar-refractivity contribution in [2.24, 2.45) is 0 Å². The average molecular weight is 1040 g/mol. The predicted octanol–water partition coefficient (Wildman–Crippen LogP) is 16.1. The maximum Gasteiger partial charge on any atom is 0.261 e. The third kappa shape index (κ3) is 9.19. The SMILES string of the molecule is COc1ccc(N(c2ccc(C)cc2)c2ccc(C3=C4C(=O)N(Cc5cccc(C)c5)C(c5ccc(N(c6ccc(OC)cc6)c6ccc(OC)cc6)c6ccccc56)=C4C(=O)N3Cc3cccc(C)c3)c3ccccc23)cc1. The molecule has 10 aromatic rings. The number of ether oxygens (including phenoxy) is 3. The second-order valence-corrected chi connectivity index (χ2v) is 20.2. The van der Waals surface area contributed by atoms with Crippen molar-refractivity contribution in [2.45, 2.75) is 33.9 Å². The molecule has 0 saturated carbocycles. The van der Waals surface area contributed by atoms with Gasteiger partial charge in [-0.15, -0.1) is 0 Å². The van der Waals surface area contributed by atoms with Gasteiger partial charge in [0.15, 0.2) is 0 Å². The maximum atomic E-state index is 16.2. The zero-order valence-electron chi connectivity index (χ0n) is 45.0. The van der Waals surface area contributed by atoms with Crippen LogP contribution >= 0.6 is 0 Å². The number of carbonyl (C=O) groups is 2. The molecule has 12 rings (SSSR count). The Morgan fingerprint density at radius 2 is 0.696 bits per heavy atom. The minimum atomic E-state index is -0.236. The molecular weight excluding hydrogens is 977 g/mol. The van der Waals surface area contributed by atoms with Gasteiger partial charge in [-0.25, -0.2) is 0 Å². The molecule has 0 N–H and O–H groups in total. The quantitative estimate of drug-likeness (QED) is 0.101. The lowest BCUT2D eigenvalue weighted by molar-refractivity contribution is -0.124. The molecule has 2 aliphatic rings. The van der Waals surface area contributed by atoms with Crippen LogP contribution in [0.4, 0.5) is 34.1 Å². The number of anilines is 6. The van der Waals surface area contributed by atoms with Gasteiger partial charge in [0.25, 0.3) is 11.8 Å². The van der Waals surface area contributed by atoms with E-state index in [4.69, 9.17) is 14.2 Å². The van der Waals surface area contributed by atoms with Crippen LogP contribution in [0, 0.1) is 20.8 Å². The summed E-state index contributed by atoms with van der Waals surface area (Å²) < 4.78 is 16.8. The summed E-state index contributed by atoms with van der Waals surface area (Å²) in [4.78, 5) is 40.5. The fourth-order valence-electron chi connectivity index (χ4n) is 11.4. The summed E-state index contributed by atoms with van der Waals surface area (Å²) in [6, 6.07) is 74.1. The predicted molar refractivity (Wildman–Crippen MR) is 319 cm³/mol. The molecule has 0 spiro atoms. The van der Waals surface area contributed by atoms with E-state index in [1.807, 2.05) is 107 Å². The van der Waals surface area contributed by atoms with Gasteiger partial charge < -0.3 is 33.8 Å². The zero-order chi connectivity index (χ0) is 54.3. The Balaban J connectivity index is 1.11. The Hall–Kier alpha value is -9.86. The number of fused-ring (bicyclic) bond motifs is 3. The number of methoxy groups -OCH3 is 3. The highest BCUT2D eigenvalue weighted by molar-refractivity contribution is 6.32. The Bertz CT molecular complexity index is 4000. The Morgan fingerprint density at radius 1 is 0.354 bits per heavy atom. The molecule has 9 nitrogen and oxygen atoms in total. The summed E-state index contributed by atoms with van der Waals surface area (Å²) in [5, 5.41) is 3.66. The second-order valence-electron chi connectivity index (χ2n) is 20.2. The van der Waals surface area contributed by atoms with Gasteiger partial charge in [0.1, 0.15) is 17.2 Å². The van der Waals surface area contributed by atoms with E-state index in [1.165, 1.54) is 0 Å². The molecule has 0 aromatic heterocycles. The molecule has 2 heterocycles. The first-order valence-corrected chi connectivity index (χ1v) is 26.5. The van der Waals surface area contributed by atoms with E-state index < -0.39 is 0 Å². The van der Waals surface area contributed by atoms with Crippen LogP contribution in [0.2, 0.25) is 0 Å². The molecule has 388 valence electrons. The third-order valence-electron chi connectivity index (χ3n) is 15.1. The van der Waals surface area contributed by atoms with Gasteiger partial charge in [-0.05, 0) is 140 Å². The van der Waals surface area contributed by atoms with Crippen LogP contribution in [0.25, 0.3) is 32.9 Å². The molecule has 9 heteroatoms. The molecule has 0 atom stereocenters. The Morgan fingerprint density at radius 3 is 1.04 bits per heavy atom. The molecule has 10 aromatic carbocycles. The van der Waals surface area contributed by atoms with Crippen LogP contribution in [0.3, 0.4) is 0 Å². The molecule has 0 unspecified atom stereocenters. The summed E-state index contributed by atoms with van der Waals surface area (Å²) in [6.45, 7) is 6.70. The maximum absolute atomic E-state index is 16.2. The number of hydrogen-bond acceptors (Lipinski definition) is 7. The lowest BCUT2D eigenvalue weighted by atomic mass is 9.95. The summed E-state index contributed by atoms with van der Waals surface area (Å²) in [5.74, 6) is 1.78. The third-order valence-corrected chi connectivity index (χ3v) is 15.1. The van der Waals surface area contributed by atoms with Gasteiger partial charge in [0, 0.05) is 44.6 Å². The van der Waals surface area contributed by atoms with Crippen molar-refractivity contribution in [2.75, 3.05) is 31.1 Å². The van der Waals surface area contributed by atoms with Gasteiger partial charge in [-0.1, -0.05) is 138 Å². The van der Waals surface area contributed by atoms with Crippen LogP contribution in [-0.4, -0.2) is 42.9 Å². The van der Waals surface area contributed by atoms with E-state index in [0.29, 0.717) is 22.5 Å². The Labute approximate surface area is 461 Å². The molecule has 79 heavy (non-hydrogen) atoms. The van der Waals surface area contributed by atoms with Crippen molar-refractivity contribution in [3.05, 3.63) is 268 Å². The molecule has 2 amide bonds. The highest BCUT2D eigenvalue weighted by atomic mass is 16.5. The first-order chi connectivity index (χ1) is 38.6. The number of benzene rings is 10. The van der Waals surface area contributed by atoms with E-state index in [0.717, 1.165) is 112 Å². The largest absolute Gasteiger partial charge is 0.497 e. The van der Waals surface area contributed by atoms with Crippen LogP contribution in [0.5, 0.6) is 17.2 Å². The van der Waals surface area contributed by atoms with Gasteiger partial charge in [-0.3, -0.25) is 9.59 Å². The van der Waals surface area contributed by atoms with Crippen LogP contribution < -0.4 is 24.0 Å². The van der Waals surface area contributed by atoms with E-state index in [2.05, 4.69) is 152 Å². The van der Waals surface area contributed by atoms with Crippen molar-refractivity contribution >= 4 is 78.9 Å². The monoisotopic (exact) mass is 1030 g/mol. The molecule has 0 saturated heterocycles. The first-order valence-electron chi connectivity index (χ1n) is 26.5. The standard InChI is InChI=1S/C70H58N4O5/c1-45-21-23-50(24-22-45)73(51-25-31-54(77-4)32-26-51)63-39-37-61(57-17-7-9-19-59(57)63)67-65-66(70(76)71(67)43-48-15-11-13-46(2)41-48)68(72(69(65)75)44-49-16-12-14-47(3)42-49)62-38-40-64(60-20-10-8-18-58(60)62)74(52-27-33-55(78-5)34-28-52)53-29-35-56(79-6)36-30-53/h7-42H,43-44H2,1-6H3. The minimum Gasteiger partial charge on any atom is -0.497 e. The minimum absolute atomic E-state index is 0.236. The van der Waals surface area contributed by atoms with E-state index in [9.17, 15) is 0 Å². The van der Waals surface area contributed by atoms with Crippen molar-refractivity contribution < 1.29 is 23.8 Å². The topological polar surface area (TPSA) is 74.8 Å². The molecule has 0 radical (unpaired) electrons. The van der Waals surface area contributed by atoms with Gasteiger partial charge in [0.05, 0.1) is 68.3 Å². The summed E-state index contributed by atoms with van der Waals surface area (Å²) in [5.41, 5.74) is 14.3. The molecule has 0 bridgehead atoms. The number of hydrogen-bond donors (Lipinski definition) is 0. The fourth-order valence-corrected chi connectivity index (χ4v) is 11.4. The summed E-state index contributed by atoms with van der Waals surface area (Å²) in [7, 11) is 5.00. The molecular formula is C70H58N4O5. The second kappa shape index (κ2) is 20.9. The van der Waals surface area contributed by atoms with E-state index >= 15 is 9.59 Å². The van der Waals surface area contributed by atoms with Crippen molar-refractivity contribution in [3.63, 3.8) is 0 Å². The fraction of sp³-hybridized carbons (Fsp3) is 0.114. The number of rotatable bonds is 15. The average Bonchev–Trinajstić information content (AvgIpc) is 4.03. The van der Waals surface area contributed by atoms with Gasteiger partial charge in [-0.2, -0.15) is 0 Å². The van der Waals surface area contributed by atoms with Crippen molar-refractivity contribution in [1.29, 1.82) is 0 Å². The first kappa shape index (κ1) is 50.0. The number of nitrogens with zero attached hydrogens (tertiary/aromatic N) is 4. The van der Waals surface area contributed by atoms with Crippen molar-refractivity contribution in [3.8, 4) is 17.2 Å². The highest BCUT2D eigenvalue weighted by Gasteiger charge is 2.49. The van der Waals surface area contributed by atoms with E-state index in [1.54, 1.807) is 21.3 Å². The lowest BCUT2D eigenvalue weighted by Gasteiger charge is -2.30. The van der Waals surface area contributed by atoms with Crippen LogP contribution in [0.15, 0.2) is 230 Å². The van der Waals surface area contributed by atoms with Crippen LogP contribution in [-0.2, 0) is 22.7 Å². The zero-order valence-corrected chi connectivity index (χ0v) is 45.0. The van der Waals surface area contributed by atoms with Gasteiger partial charge in [0.2, 0.25) is 0 Å². The number of amides is 2. The Kier molecular flexibility index (Phi) is 13.2. The number of carbonyl (C=O) groups excluding carboxylic acids is 2. The molecule has 0 aliphatic carbocycles. The normalized spacial score (nSPS) is 13.2. The van der Waals surface area contributed by atoms with Crippen molar-refractivity contribution in [1.82, 2.24) is 9.80 Å². The lowest BCUT2D eigenvalue weighted by Crippen LogP contribution is -2.29. The van der Waals surface area contributed by atoms with Crippen LogP contribution in [0.1, 0.15) is 38.9 Å². The molecule has 2 aliphatic heterocycles. The number of aryl methyl sites for hydroxylation is 3. The smallest absolute Gasteiger partial charge is 0.261 e. The summed E-state index contributed by atoms with van der Waals surface area (Å²) in [6.07, 6.45) is 0. The molecule has 0 fully saturated rings. The van der Waals surface area contributed by atoms with Gasteiger partial charge >= 0.3 is 0 Å². The highest BCUT2D eigenvalue weighted by Crippen LogP contribution is 2.52. The van der Waals surface area contributed by atoms with E-state index in [-0.39, 0.29) is 24.9 Å². The summed E-state index contributed by atoms with van der Waals surface area (Å²) >= 11 is 0.